The second-order valence-corrected chi connectivity index (χ2v) is 8.34. The first-order valence-electron chi connectivity index (χ1n) is 11.0. The van der Waals surface area contributed by atoms with Gasteiger partial charge in [0.15, 0.2) is 0 Å². The minimum atomic E-state index is -4.48. The predicted molar refractivity (Wildman–Crippen MR) is 117 cm³/mol. The zero-order chi connectivity index (χ0) is 24.3. The van der Waals surface area contributed by atoms with Gasteiger partial charge in [0.1, 0.15) is 5.82 Å². The number of H-pyrrole nitrogens is 1. The molecule has 0 spiro atoms. The van der Waals surface area contributed by atoms with Crippen LogP contribution in [-0.4, -0.2) is 83.0 Å². The number of carbonyl (C=O) groups is 1. The van der Waals surface area contributed by atoms with Gasteiger partial charge < -0.3 is 19.4 Å². The summed E-state index contributed by atoms with van der Waals surface area (Å²) in [6, 6.07) is 1.69. The van der Waals surface area contributed by atoms with Crippen LogP contribution in [-0.2, 0) is 15.7 Å². The van der Waals surface area contributed by atoms with Crippen LogP contribution in [0.4, 0.5) is 24.9 Å². The summed E-state index contributed by atoms with van der Waals surface area (Å²) < 4.78 is 43.7. The number of ether oxygens (including phenoxy) is 1. The fourth-order valence-corrected chi connectivity index (χ4v) is 4.07. The monoisotopic (exact) mass is 481 g/mol. The fraction of sp³-hybridized carbons (Fsp3) is 0.571. The van der Waals surface area contributed by atoms with Crippen molar-refractivity contribution in [3.05, 3.63) is 39.9 Å². The summed E-state index contributed by atoms with van der Waals surface area (Å²) >= 11 is 0. The van der Waals surface area contributed by atoms with Crippen molar-refractivity contribution in [3.63, 3.8) is 0 Å². The summed E-state index contributed by atoms with van der Waals surface area (Å²) in [7, 11) is 0. The van der Waals surface area contributed by atoms with Crippen molar-refractivity contribution < 1.29 is 22.7 Å². The summed E-state index contributed by atoms with van der Waals surface area (Å²) in [6.45, 7) is 5.10. The number of alkyl halides is 3. The Morgan fingerprint density at radius 3 is 2.53 bits per heavy atom. The van der Waals surface area contributed by atoms with Gasteiger partial charge in [0.25, 0.3) is 5.56 Å². The average molecular weight is 481 g/mol. The van der Waals surface area contributed by atoms with Crippen molar-refractivity contribution in [2.75, 3.05) is 55.7 Å². The predicted octanol–water partition coefficient (Wildman–Crippen LogP) is 1.22. The number of nitrogens with zero attached hydrogens (tertiary/aromatic N) is 6. The maximum atomic E-state index is 12.8. The van der Waals surface area contributed by atoms with Crippen LogP contribution in [0, 0.1) is 6.92 Å². The van der Waals surface area contributed by atoms with Crippen LogP contribution in [0.3, 0.4) is 0 Å². The molecule has 0 radical (unpaired) electrons. The van der Waals surface area contributed by atoms with Crippen LogP contribution in [0.5, 0.6) is 0 Å². The molecule has 13 heteroatoms. The SMILES string of the molecule is Cc1cc(N2CCOC[C@H]2CCC(=O)N2CCN(c3ncc(C(F)(F)F)cn3)CC2)n[nH]c1=O. The van der Waals surface area contributed by atoms with E-state index in [2.05, 4.69) is 25.1 Å². The number of hydrogen-bond donors (Lipinski definition) is 1. The molecule has 2 aromatic rings. The highest BCUT2D eigenvalue weighted by Gasteiger charge is 2.32. The van der Waals surface area contributed by atoms with Crippen molar-refractivity contribution in [3.8, 4) is 0 Å². The molecule has 1 amide bonds. The Bertz CT molecular complexity index is 1050. The number of aromatic amines is 1. The molecular weight excluding hydrogens is 455 g/mol. The molecule has 0 aromatic carbocycles. The number of hydrogen-bond acceptors (Lipinski definition) is 8. The Labute approximate surface area is 193 Å². The van der Waals surface area contributed by atoms with E-state index in [-0.39, 0.29) is 23.5 Å². The second kappa shape index (κ2) is 9.95. The number of nitrogens with one attached hydrogen (secondary N) is 1. The van der Waals surface area contributed by atoms with Gasteiger partial charge in [-0.25, -0.2) is 15.1 Å². The smallest absolute Gasteiger partial charge is 0.377 e. The van der Waals surface area contributed by atoms with E-state index in [1.165, 1.54) is 0 Å². The largest absolute Gasteiger partial charge is 0.419 e. The van der Waals surface area contributed by atoms with Crippen LogP contribution in [0.15, 0.2) is 23.3 Å². The minimum Gasteiger partial charge on any atom is -0.377 e. The van der Waals surface area contributed by atoms with E-state index in [0.717, 1.165) is 12.4 Å². The molecule has 0 aliphatic carbocycles. The summed E-state index contributed by atoms with van der Waals surface area (Å²) in [5.74, 6) is 0.880. The van der Waals surface area contributed by atoms with Gasteiger partial charge in [-0.3, -0.25) is 9.59 Å². The lowest BCUT2D eigenvalue weighted by Gasteiger charge is -2.37. The Morgan fingerprint density at radius 2 is 1.88 bits per heavy atom. The van der Waals surface area contributed by atoms with Crippen molar-refractivity contribution in [1.29, 1.82) is 0 Å². The van der Waals surface area contributed by atoms with Gasteiger partial charge in [0, 0.05) is 57.1 Å². The molecule has 184 valence electrons. The van der Waals surface area contributed by atoms with E-state index in [9.17, 15) is 22.8 Å². The lowest BCUT2D eigenvalue weighted by molar-refractivity contribution is -0.138. The van der Waals surface area contributed by atoms with Crippen LogP contribution >= 0.6 is 0 Å². The molecular formula is C21H26F3N7O3. The summed E-state index contributed by atoms with van der Waals surface area (Å²) in [5, 5.41) is 6.64. The molecule has 0 unspecified atom stereocenters. The van der Waals surface area contributed by atoms with E-state index in [1.54, 1.807) is 22.8 Å². The minimum absolute atomic E-state index is 0.00381. The van der Waals surface area contributed by atoms with Gasteiger partial charge in [-0.15, -0.1) is 0 Å². The summed E-state index contributed by atoms with van der Waals surface area (Å²) in [6.07, 6.45) is -2.03. The van der Waals surface area contributed by atoms with Crippen molar-refractivity contribution in [2.45, 2.75) is 32.0 Å². The lowest BCUT2D eigenvalue weighted by atomic mass is 10.1. The van der Waals surface area contributed by atoms with E-state index >= 15 is 0 Å². The lowest BCUT2D eigenvalue weighted by Crippen LogP contribution is -2.50. The molecule has 2 aromatic heterocycles. The molecule has 10 nitrogen and oxygen atoms in total. The number of carbonyl (C=O) groups excluding carboxylic acids is 1. The van der Waals surface area contributed by atoms with Gasteiger partial charge in [0.2, 0.25) is 11.9 Å². The van der Waals surface area contributed by atoms with E-state index in [0.29, 0.717) is 70.2 Å². The number of piperazine rings is 1. The normalized spacial score (nSPS) is 19.4. The van der Waals surface area contributed by atoms with Gasteiger partial charge >= 0.3 is 6.18 Å². The van der Waals surface area contributed by atoms with Crippen LogP contribution < -0.4 is 15.4 Å². The average Bonchev–Trinajstić information content (AvgIpc) is 2.84. The first kappa shape index (κ1) is 23.9. The van der Waals surface area contributed by atoms with Gasteiger partial charge in [-0.2, -0.15) is 18.3 Å². The van der Waals surface area contributed by atoms with Crippen LogP contribution in [0.2, 0.25) is 0 Å². The maximum Gasteiger partial charge on any atom is 0.419 e. The van der Waals surface area contributed by atoms with Crippen molar-refractivity contribution in [2.24, 2.45) is 0 Å². The Hall–Kier alpha value is -3.22. The topological polar surface area (TPSA) is 108 Å². The molecule has 0 bridgehead atoms. The molecule has 2 fully saturated rings. The number of rotatable bonds is 5. The maximum absolute atomic E-state index is 12.8. The Kier molecular flexibility index (Phi) is 7.00. The third-order valence-electron chi connectivity index (χ3n) is 6.07. The molecule has 1 atom stereocenters. The standard InChI is InChI=1S/C21H26F3N7O3/c1-14-10-17(27-28-19(14)33)31-8-9-34-13-16(31)2-3-18(32)29-4-6-30(7-5-29)20-25-11-15(12-26-20)21(22,23)24/h10-12,16H,2-9,13H2,1H3,(H,28,33)/t16-/m1/s1. The quantitative estimate of drug-likeness (QED) is 0.680. The molecule has 2 saturated heterocycles. The highest BCUT2D eigenvalue weighted by atomic mass is 19.4. The number of aromatic nitrogens is 4. The Morgan fingerprint density at radius 1 is 1.18 bits per heavy atom. The molecule has 4 rings (SSSR count). The molecule has 2 aliphatic heterocycles. The third kappa shape index (κ3) is 5.46. The highest BCUT2D eigenvalue weighted by Crippen LogP contribution is 2.28. The first-order valence-corrected chi connectivity index (χ1v) is 11.0. The number of anilines is 2. The highest BCUT2D eigenvalue weighted by molar-refractivity contribution is 5.76. The molecule has 34 heavy (non-hydrogen) atoms. The second-order valence-electron chi connectivity index (χ2n) is 8.34. The number of amides is 1. The van der Waals surface area contributed by atoms with E-state index < -0.39 is 11.7 Å². The van der Waals surface area contributed by atoms with Gasteiger partial charge in [-0.05, 0) is 19.4 Å². The van der Waals surface area contributed by atoms with Crippen LogP contribution in [0.25, 0.3) is 0 Å². The zero-order valence-corrected chi connectivity index (χ0v) is 18.7. The van der Waals surface area contributed by atoms with Gasteiger partial charge in [0.05, 0.1) is 24.8 Å². The number of aryl methyl sites for hydroxylation is 1. The first-order chi connectivity index (χ1) is 16.2. The van der Waals surface area contributed by atoms with Gasteiger partial charge in [-0.1, -0.05) is 0 Å². The molecule has 4 heterocycles. The molecule has 2 aliphatic rings. The summed E-state index contributed by atoms with van der Waals surface area (Å²) in [4.78, 5) is 37.7. The third-order valence-corrected chi connectivity index (χ3v) is 6.07. The number of morpholine rings is 1. The zero-order valence-electron chi connectivity index (χ0n) is 18.7. The van der Waals surface area contributed by atoms with Crippen LogP contribution in [0.1, 0.15) is 24.0 Å². The molecule has 1 N–H and O–H groups in total. The Balaban J connectivity index is 1.29. The summed E-state index contributed by atoms with van der Waals surface area (Å²) in [5.41, 5.74) is -0.552. The van der Waals surface area contributed by atoms with Crippen molar-refractivity contribution in [1.82, 2.24) is 25.1 Å². The van der Waals surface area contributed by atoms with E-state index in [4.69, 9.17) is 4.74 Å². The van der Waals surface area contributed by atoms with E-state index in [1.807, 2.05) is 0 Å². The fourth-order valence-electron chi connectivity index (χ4n) is 4.07. The number of halogens is 3. The van der Waals surface area contributed by atoms with Crippen molar-refractivity contribution >= 4 is 17.7 Å². The molecule has 0 saturated carbocycles.